The maximum Gasteiger partial charge on any atom is 0.238 e. The Morgan fingerprint density at radius 1 is 1.03 bits per heavy atom. The number of ether oxygens (including phenoxy) is 1. The zero-order valence-corrected chi connectivity index (χ0v) is 22.0. The number of benzene rings is 2. The van der Waals surface area contributed by atoms with Gasteiger partial charge in [0.1, 0.15) is 5.75 Å². The van der Waals surface area contributed by atoms with Crippen LogP contribution >= 0.6 is 0 Å². The van der Waals surface area contributed by atoms with Crippen LogP contribution < -0.4 is 4.90 Å². The molecule has 194 valence electrons. The number of nitrogens with zero attached hydrogens (tertiary/aromatic N) is 1. The van der Waals surface area contributed by atoms with Crippen LogP contribution in [0.15, 0.2) is 71.3 Å². The first-order valence-corrected chi connectivity index (χ1v) is 13.6. The first-order chi connectivity index (χ1) is 17.9. The molecule has 1 aliphatic carbocycles. The quantitative estimate of drug-likeness (QED) is 0.331. The van der Waals surface area contributed by atoms with E-state index >= 15 is 0 Å². The number of imide groups is 1. The molecular weight excluding hydrogens is 462 g/mol. The molecule has 5 heteroatoms. The molecule has 0 radical (unpaired) electrons. The Kier molecular flexibility index (Phi) is 7.34. The lowest BCUT2D eigenvalue weighted by Crippen LogP contribution is -2.35. The number of hydrogen-bond donors (Lipinski definition) is 1. The van der Waals surface area contributed by atoms with Crippen molar-refractivity contribution in [2.45, 2.75) is 59.0 Å². The summed E-state index contributed by atoms with van der Waals surface area (Å²) >= 11 is 0. The standard InChI is InChI=1S/C32H37NO4/c1-4-10-21(17-22-11-8-9-14-27(22)34)15-16-28-29-24(20(2)3)18-25-30(26(29)19-37-28)32(36)33(31(25)35)23-12-6-5-7-13-23/h5-9,11-14,17,20,25-26,28,30,34H,4,10,15-16,18-19H2,1-3H3/b21-17+/t25-,26+,28-,30-/m1/s1. The van der Waals surface area contributed by atoms with E-state index in [-0.39, 0.29) is 35.7 Å². The number of rotatable bonds is 8. The molecule has 5 nitrogen and oxygen atoms in total. The molecule has 2 aromatic carbocycles. The number of para-hydroxylation sites is 2. The zero-order valence-electron chi connectivity index (χ0n) is 22.0. The number of carbonyl (C=O) groups is 2. The van der Waals surface area contributed by atoms with Gasteiger partial charge in [-0.3, -0.25) is 14.5 Å². The molecule has 2 aromatic rings. The van der Waals surface area contributed by atoms with E-state index in [0.29, 0.717) is 30.4 Å². The van der Waals surface area contributed by atoms with E-state index in [9.17, 15) is 14.7 Å². The molecule has 0 unspecified atom stereocenters. The lowest BCUT2D eigenvalue weighted by Gasteiger charge is -2.33. The van der Waals surface area contributed by atoms with Crippen molar-refractivity contribution in [2.75, 3.05) is 11.5 Å². The van der Waals surface area contributed by atoms with Gasteiger partial charge >= 0.3 is 0 Å². The normalized spacial score (nSPS) is 25.7. The van der Waals surface area contributed by atoms with Crippen molar-refractivity contribution >= 4 is 23.6 Å². The largest absolute Gasteiger partial charge is 0.507 e. The molecule has 5 rings (SSSR count). The number of phenols is 1. The second kappa shape index (κ2) is 10.7. The van der Waals surface area contributed by atoms with Gasteiger partial charge in [-0.1, -0.05) is 80.8 Å². The lowest BCUT2D eigenvalue weighted by molar-refractivity contribution is -0.122. The predicted octanol–water partition coefficient (Wildman–Crippen LogP) is 6.53. The molecule has 2 amide bonds. The van der Waals surface area contributed by atoms with Crippen LogP contribution in [0.1, 0.15) is 58.4 Å². The molecule has 1 N–H and O–H groups in total. The first-order valence-electron chi connectivity index (χ1n) is 13.6. The average Bonchev–Trinajstić information content (AvgIpc) is 3.42. The third-order valence-electron chi connectivity index (χ3n) is 8.25. The van der Waals surface area contributed by atoms with E-state index in [1.54, 1.807) is 6.07 Å². The summed E-state index contributed by atoms with van der Waals surface area (Å²) in [6.45, 7) is 7.03. The van der Waals surface area contributed by atoms with Crippen LogP contribution in [0.3, 0.4) is 0 Å². The highest BCUT2D eigenvalue weighted by Gasteiger charge is 2.57. The molecule has 0 bridgehead atoms. The monoisotopic (exact) mass is 499 g/mol. The highest BCUT2D eigenvalue weighted by molar-refractivity contribution is 6.22. The van der Waals surface area contributed by atoms with Gasteiger partial charge in [-0.05, 0) is 55.4 Å². The summed E-state index contributed by atoms with van der Waals surface area (Å²) in [7, 11) is 0. The number of carbonyl (C=O) groups excluding carboxylic acids is 2. The number of anilines is 1. The van der Waals surface area contributed by atoms with Crippen LogP contribution in [0.4, 0.5) is 5.69 Å². The van der Waals surface area contributed by atoms with Gasteiger partial charge in [-0.15, -0.1) is 0 Å². The van der Waals surface area contributed by atoms with Crippen molar-refractivity contribution in [3.8, 4) is 5.75 Å². The molecule has 3 aliphatic rings. The number of fused-ring (bicyclic) bond motifs is 3. The van der Waals surface area contributed by atoms with Crippen molar-refractivity contribution in [1.82, 2.24) is 0 Å². The van der Waals surface area contributed by atoms with Gasteiger partial charge in [-0.25, -0.2) is 0 Å². The fourth-order valence-corrected chi connectivity index (χ4v) is 6.53. The first kappa shape index (κ1) is 25.5. The van der Waals surface area contributed by atoms with E-state index in [0.717, 1.165) is 31.2 Å². The summed E-state index contributed by atoms with van der Waals surface area (Å²) in [5, 5.41) is 10.3. The Morgan fingerprint density at radius 2 is 1.76 bits per heavy atom. The molecule has 2 heterocycles. The molecule has 0 aromatic heterocycles. The Hall–Kier alpha value is -3.18. The highest BCUT2D eigenvalue weighted by Crippen LogP contribution is 2.52. The third kappa shape index (κ3) is 4.77. The fraction of sp³-hybridized carbons (Fsp3) is 0.438. The van der Waals surface area contributed by atoms with Crippen LogP contribution in [0.2, 0.25) is 0 Å². The number of amides is 2. The van der Waals surface area contributed by atoms with Crippen LogP contribution in [0.25, 0.3) is 6.08 Å². The van der Waals surface area contributed by atoms with Crippen molar-refractivity contribution in [3.63, 3.8) is 0 Å². The molecule has 2 saturated heterocycles. The summed E-state index contributed by atoms with van der Waals surface area (Å²) < 4.78 is 6.40. The number of allylic oxidation sites excluding steroid dienone is 2. The Bertz CT molecular complexity index is 1230. The maximum absolute atomic E-state index is 13.7. The highest BCUT2D eigenvalue weighted by atomic mass is 16.5. The number of phenolic OH excluding ortho intramolecular Hbond substituents is 1. The maximum atomic E-state index is 13.7. The zero-order chi connectivity index (χ0) is 26.1. The molecule has 4 atom stereocenters. The number of aromatic hydroxyl groups is 1. The van der Waals surface area contributed by atoms with Gasteiger partial charge in [-0.2, -0.15) is 0 Å². The minimum atomic E-state index is -0.345. The van der Waals surface area contributed by atoms with Gasteiger partial charge in [0.05, 0.1) is 30.2 Å². The molecule has 0 saturated carbocycles. The Balaban J connectivity index is 1.40. The minimum Gasteiger partial charge on any atom is -0.507 e. The van der Waals surface area contributed by atoms with Crippen LogP contribution in [-0.2, 0) is 14.3 Å². The smallest absolute Gasteiger partial charge is 0.238 e. The van der Waals surface area contributed by atoms with Crippen molar-refractivity contribution in [1.29, 1.82) is 0 Å². The van der Waals surface area contributed by atoms with E-state index in [2.05, 4.69) is 26.8 Å². The summed E-state index contributed by atoms with van der Waals surface area (Å²) in [5.41, 5.74) is 5.36. The average molecular weight is 500 g/mol. The van der Waals surface area contributed by atoms with E-state index in [1.807, 2.05) is 48.5 Å². The van der Waals surface area contributed by atoms with Crippen LogP contribution in [0.5, 0.6) is 5.75 Å². The van der Waals surface area contributed by atoms with Crippen molar-refractivity contribution in [2.24, 2.45) is 23.7 Å². The van der Waals surface area contributed by atoms with Gasteiger partial charge < -0.3 is 9.84 Å². The van der Waals surface area contributed by atoms with E-state index in [1.165, 1.54) is 21.6 Å². The minimum absolute atomic E-state index is 0.0388. The van der Waals surface area contributed by atoms with Crippen molar-refractivity contribution in [3.05, 3.63) is 76.9 Å². The summed E-state index contributed by atoms with van der Waals surface area (Å²) in [6, 6.07) is 16.7. The van der Waals surface area contributed by atoms with Gasteiger partial charge in [0.15, 0.2) is 0 Å². The molecule has 0 spiro atoms. The molecule has 2 fully saturated rings. The van der Waals surface area contributed by atoms with E-state index < -0.39 is 0 Å². The van der Waals surface area contributed by atoms with Gasteiger partial charge in [0.25, 0.3) is 0 Å². The summed E-state index contributed by atoms with van der Waals surface area (Å²) in [6.07, 6.45) is 6.40. The second-order valence-electron chi connectivity index (χ2n) is 10.9. The Morgan fingerprint density at radius 3 is 2.46 bits per heavy atom. The Labute approximate surface area is 219 Å². The summed E-state index contributed by atoms with van der Waals surface area (Å²) in [4.78, 5) is 28.6. The lowest BCUT2D eigenvalue weighted by atomic mass is 9.67. The molecule has 2 aliphatic heterocycles. The van der Waals surface area contributed by atoms with Crippen LogP contribution in [0, 0.1) is 23.7 Å². The number of hydrogen-bond acceptors (Lipinski definition) is 4. The van der Waals surface area contributed by atoms with Gasteiger partial charge in [0.2, 0.25) is 11.8 Å². The fourth-order valence-electron chi connectivity index (χ4n) is 6.53. The summed E-state index contributed by atoms with van der Waals surface area (Å²) in [5.74, 6) is -0.255. The van der Waals surface area contributed by atoms with Gasteiger partial charge in [0, 0.05) is 11.5 Å². The SMILES string of the molecule is CCC/C(=C\c1ccccc1O)CC[C@H]1OC[C@H]2C1=C(C(C)C)C[C@H]1C(=O)N(c3ccccc3)C(=O)[C@H]12. The van der Waals surface area contributed by atoms with Crippen molar-refractivity contribution < 1.29 is 19.4 Å². The molecular formula is C32H37NO4. The van der Waals surface area contributed by atoms with Crippen LogP contribution in [-0.4, -0.2) is 29.6 Å². The predicted molar refractivity (Wildman–Crippen MR) is 146 cm³/mol. The van der Waals surface area contributed by atoms with E-state index in [4.69, 9.17) is 4.74 Å². The topological polar surface area (TPSA) is 66.8 Å². The third-order valence-corrected chi connectivity index (χ3v) is 8.25. The second-order valence-corrected chi connectivity index (χ2v) is 10.9. The molecule has 37 heavy (non-hydrogen) atoms.